The van der Waals surface area contributed by atoms with E-state index in [0.29, 0.717) is 13.1 Å². The van der Waals surface area contributed by atoms with Crippen molar-refractivity contribution in [2.24, 2.45) is 0 Å². The Morgan fingerprint density at radius 3 is 2.53 bits per heavy atom. The van der Waals surface area contributed by atoms with Gasteiger partial charge in [0.05, 0.1) is 13.7 Å². The van der Waals surface area contributed by atoms with Crippen LogP contribution >= 0.6 is 0 Å². The van der Waals surface area contributed by atoms with Gasteiger partial charge in [0.2, 0.25) is 0 Å². The van der Waals surface area contributed by atoms with Gasteiger partial charge in [0.1, 0.15) is 0 Å². The van der Waals surface area contributed by atoms with E-state index in [1.807, 2.05) is 35.2 Å². The molecule has 1 aromatic carbocycles. The zero-order chi connectivity index (χ0) is 14.3. The molecule has 1 rings (SSSR count). The minimum Gasteiger partial charge on any atom is -0.467 e. The predicted molar refractivity (Wildman–Crippen MR) is 71.4 cm³/mol. The summed E-state index contributed by atoms with van der Waals surface area (Å²) in [6, 6.07) is 9.68. The summed E-state index contributed by atoms with van der Waals surface area (Å²) in [4.78, 5) is 13.3. The first kappa shape index (κ1) is 15.6. The van der Waals surface area contributed by atoms with Crippen LogP contribution in [0.25, 0.3) is 0 Å². The summed E-state index contributed by atoms with van der Waals surface area (Å²) >= 11 is 0. The number of carbonyl (C=O) groups excluding carboxylic acids is 1. The highest BCUT2D eigenvalue weighted by Crippen LogP contribution is 2.12. The number of carbonyl (C=O) groups is 1. The summed E-state index contributed by atoms with van der Waals surface area (Å²) in [5.41, 5.74) is -0.532. The van der Waals surface area contributed by atoms with Crippen molar-refractivity contribution < 1.29 is 19.7 Å². The van der Waals surface area contributed by atoms with Gasteiger partial charge in [-0.25, -0.2) is 4.79 Å². The molecule has 0 saturated heterocycles. The Bertz CT molecular complexity index is 392. The second-order valence-corrected chi connectivity index (χ2v) is 4.69. The predicted octanol–water partition coefficient (Wildman–Crippen LogP) is 0.405. The van der Waals surface area contributed by atoms with Crippen LogP contribution in [0.1, 0.15) is 12.5 Å². The maximum absolute atomic E-state index is 11.5. The molecular formula is C14H21NO4. The fourth-order valence-corrected chi connectivity index (χ4v) is 1.92. The van der Waals surface area contributed by atoms with E-state index in [0.717, 1.165) is 5.56 Å². The Balaban J connectivity index is 2.70. The molecule has 1 atom stereocenters. The van der Waals surface area contributed by atoms with Gasteiger partial charge in [-0.3, -0.25) is 4.90 Å². The largest absolute Gasteiger partial charge is 0.467 e. The number of aliphatic hydroxyl groups excluding tert-OH is 1. The van der Waals surface area contributed by atoms with Gasteiger partial charge in [0.15, 0.2) is 5.60 Å². The van der Waals surface area contributed by atoms with E-state index in [2.05, 4.69) is 4.74 Å². The standard InChI is InChI=1S/C14H21NO4/c1-14(18,13(17)19-2)11-15(8-9-16)10-12-6-4-3-5-7-12/h3-7,16,18H,8-11H2,1-2H3. The lowest BCUT2D eigenvalue weighted by Gasteiger charge is -2.29. The summed E-state index contributed by atoms with van der Waals surface area (Å²) < 4.78 is 4.57. The minimum atomic E-state index is -1.58. The topological polar surface area (TPSA) is 70.0 Å². The number of hydrogen-bond acceptors (Lipinski definition) is 5. The van der Waals surface area contributed by atoms with E-state index in [4.69, 9.17) is 5.11 Å². The Labute approximate surface area is 113 Å². The summed E-state index contributed by atoms with van der Waals surface area (Å²) in [6.07, 6.45) is 0. The van der Waals surface area contributed by atoms with Crippen LogP contribution in [-0.4, -0.2) is 53.5 Å². The average molecular weight is 267 g/mol. The number of aliphatic hydroxyl groups is 2. The number of methoxy groups -OCH3 is 1. The van der Waals surface area contributed by atoms with Crippen molar-refractivity contribution in [1.82, 2.24) is 4.90 Å². The van der Waals surface area contributed by atoms with Crippen molar-refractivity contribution in [2.45, 2.75) is 19.1 Å². The van der Waals surface area contributed by atoms with Crippen molar-refractivity contribution in [3.8, 4) is 0 Å². The van der Waals surface area contributed by atoms with E-state index in [9.17, 15) is 9.90 Å². The van der Waals surface area contributed by atoms with Crippen LogP contribution in [0.4, 0.5) is 0 Å². The van der Waals surface area contributed by atoms with Crippen LogP contribution in [0.2, 0.25) is 0 Å². The van der Waals surface area contributed by atoms with Crippen LogP contribution in [0.15, 0.2) is 30.3 Å². The lowest BCUT2D eigenvalue weighted by Crippen LogP contribution is -2.47. The third kappa shape index (κ3) is 4.98. The number of hydrogen-bond donors (Lipinski definition) is 2. The zero-order valence-electron chi connectivity index (χ0n) is 11.4. The lowest BCUT2D eigenvalue weighted by atomic mass is 10.1. The number of esters is 1. The van der Waals surface area contributed by atoms with Crippen molar-refractivity contribution >= 4 is 5.97 Å². The maximum atomic E-state index is 11.5. The molecule has 0 heterocycles. The molecule has 0 aliphatic heterocycles. The molecule has 19 heavy (non-hydrogen) atoms. The zero-order valence-corrected chi connectivity index (χ0v) is 11.4. The fraction of sp³-hybridized carbons (Fsp3) is 0.500. The summed E-state index contributed by atoms with van der Waals surface area (Å²) in [5.74, 6) is -0.677. The van der Waals surface area contributed by atoms with Gasteiger partial charge in [-0.1, -0.05) is 30.3 Å². The molecule has 0 saturated carbocycles. The molecule has 0 spiro atoms. The van der Waals surface area contributed by atoms with Crippen LogP contribution in [0.5, 0.6) is 0 Å². The van der Waals surface area contributed by atoms with Crippen molar-refractivity contribution in [1.29, 1.82) is 0 Å². The molecular weight excluding hydrogens is 246 g/mol. The molecule has 0 aromatic heterocycles. The molecule has 0 aliphatic rings. The van der Waals surface area contributed by atoms with Gasteiger partial charge >= 0.3 is 5.97 Å². The highest BCUT2D eigenvalue weighted by molar-refractivity contribution is 5.78. The number of benzene rings is 1. The molecule has 5 nitrogen and oxygen atoms in total. The number of rotatable bonds is 7. The van der Waals surface area contributed by atoms with Gasteiger partial charge in [0.25, 0.3) is 0 Å². The molecule has 106 valence electrons. The van der Waals surface area contributed by atoms with Crippen molar-refractivity contribution in [3.63, 3.8) is 0 Å². The van der Waals surface area contributed by atoms with Gasteiger partial charge < -0.3 is 14.9 Å². The van der Waals surface area contributed by atoms with Crippen LogP contribution in [0, 0.1) is 0 Å². The maximum Gasteiger partial charge on any atom is 0.338 e. The molecule has 0 bridgehead atoms. The van der Waals surface area contributed by atoms with E-state index in [1.54, 1.807) is 0 Å². The molecule has 0 amide bonds. The van der Waals surface area contributed by atoms with Crippen molar-refractivity contribution in [3.05, 3.63) is 35.9 Å². The Hall–Kier alpha value is -1.43. The van der Waals surface area contributed by atoms with Crippen LogP contribution < -0.4 is 0 Å². The van der Waals surface area contributed by atoms with Gasteiger partial charge in [0, 0.05) is 19.6 Å². The van der Waals surface area contributed by atoms with Gasteiger partial charge in [-0.15, -0.1) is 0 Å². The minimum absolute atomic E-state index is 0.0376. The fourth-order valence-electron chi connectivity index (χ4n) is 1.92. The molecule has 1 aromatic rings. The highest BCUT2D eigenvalue weighted by Gasteiger charge is 2.33. The first-order valence-electron chi connectivity index (χ1n) is 6.17. The van der Waals surface area contributed by atoms with Gasteiger partial charge in [-0.2, -0.15) is 0 Å². The lowest BCUT2D eigenvalue weighted by molar-refractivity contribution is -0.162. The molecule has 2 N–H and O–H groups in total. The van der Waals surface area contributed by atoms with Crippen LogP contribution in [0.3, 0.4) is 0 Å². The van der Waals surface area contributed by atoms with Crippen LogP contribution in [-0.2, 0) is 16.1 Å². The Kier molecular flexibility index (Phi) is 5.95. The molecule has 1 unspecified atom stereocenters. The van der Waals surface area contributed by atoms with E-state index in [-0.39, 0.29) is 13.2 Å². The van der Waals surface area contributed by atoms with E-state index < -0.39 is 11.6 Å². The normalized spacial score (nSPS) is 14.2. The second-order valence-electron chi connectivity index (χ2n) is 4.69. The van der Waals surface area contributed by atoms with E-state index >= 15 is 0 Å². The summed E-state index contributed by atoms with van der Waals surface area (Å²) in [6.45, 7) is 2.41. The molecule has 0 fully saturated rings. The molecule has 5 heteroatoms. The quantitative estimate of drug-likeness (QED) is 0.700. The Morgan fingerprint density at radius 2 is 2.00 bits per heavy atom. The van der Waals surface area contributed by atoms with Gasteiger partial charge in [-0.05, 0) is 12.5 Å². The monoisotopic (exact) mass is 267 g/mol. The molecule has 0 aliphatic carbocycles. The highest BCUT2D eigenvalue weighted by atomic mass is 16.5. The van der Waals surface area contributed by atoms with Crippen molar-refractivity contribution in [2.75, 3.05) is 26.8 Å². The van der Waals surface area contributed by atoms with E-state index in [1.165, 1.54) is 14.0 Å². The Morgan fingerprint density at radius 1 is 1.37 bits per heavy atom. The SMILES string of the molecule is COC(=O)C(C)(O)CN(CCO)Cc1ccccc1. The summed E-state index contributed by atoms with van der Waals surface area (Å²) in [5, 5.41) is 19.1. The number of ether oxygens (including phenoxy) is 1. The third-order valence-corrected chi connectivity index (χ3v) is 2.82. The third-order valence-electron chi connectivity index (χ3n) is 2.82. The summed E-state index contributed by atoms with van der Waals surface area (Å²) in [7, 11) is 1.24. The number of nitrogens with zero attached hydrogens (tertiary/aromatic N) is 1. The average Bonchev–Trinajstić information content (AvgIpc) is 2.38. The first-order valence-corrected chi connectivity index (χ1v) is 6.17. The molecule has 0 radical (unpaired) electrons. The second kappa shape index (κ2) is 7.23. The first-order chi connectivity index (χ1) is 8.99. The smallest absolute Gasteiger partial charge is 0.338 e.